The molecular formula is C17H25N3O. The van der Waals surface area contributed by atoms with Gasteiger partial charge in [-0.25, -0.2) is 0 Å². The van der Waals surface area contributed by atoms with Crippen LogP contribution in [0.2, 0.25) is 0 Å². The number of hydrogen-bond acceptors (Lipinski definition) is 3. The fourth-order valence-electron chi connectivity index (χ4n) is 2.54. The van der Waals surface area contributed by atoms with Gasteiger partial charge in [0.1, 0.15) is 0 Å². The summed E-state index contributed by atoms with van der Waals surface area (Å²) in [6.45, 7) is 6.38. The molecule has 1 heterocycles. The molecule has 0 saturated heterocycles. The first kappa shape index (κ1) is 15.7. The third-order valence-electron chi connectivity index (χ3n) is 3.76. The SMILES string of the molecule is CCCNC(C)CCCCn1ncc(=O)c2ccccc21. The van der Waals surface area contributed by atoms with Crippen molar-refractivity contribution in [3.8, 4) is 0 Å². The highest BCUT2D eigenvalue weighted by Crippen LogP contribution is 2.10. The van der Waals surface area contributed by atoms with E-state index < -0.39 is 0 Å². The van der Waals surface area contributed by atoms with Crippen LogP contribution in [0.15, 0.2) is 35.3 Å². The fourth-order valence-corrected chi connectivity index (χ4v) is 2.54. The van der Waals surface area contributed by atoms with E-state index >= 15 is 0 Å². The van der Waals surface area contributed by atoms with Crippen molar-refractivity contribution in [1.82, 2.24) is 15.1 Å². The maximum Gasteiger partial charge on any atom is 0.207 e. The molecule has 1 unspecified atom stereocenters. The van der Waals surface area contributed by atoms with Gasteiger partial charge in [-0.05, 0) is 44.9 Å². The molecule has 1 N–H and O–H groups in total. The van der Waals surface area contributed by atoms with Gasteiger partial charge < -0.3 is 5.32 Å². The van der Waals surface area contributed by atoms with Crippen molar-refractivity contribution in [1.29, 1.82) is 0 Å². The molecule has 1 atom stereocenters. The van der Waals surface area contributed by atoms with Crippen LogP contribution in [0.4, 0.5) is 0 Å². The predicted octanol–water partition coefficient (Wildman–Crippen LogP) is 2.95. The maximum atomic E-state index is 11.8. The summed E-state index contributed by atoms with van der Waals surface area (Å²) in [4.78, 5) is 11.8. The quantitative estimate of drug-likeness (QED) is 0.759. The summed E-state index contributed by atoms with van der Waals surface area (Å²) in [5, 5.41) is 8.52. The van der Waals surface area contributed by atoms with Crippen LogP contribution in [0.5, 0.6) is 0 Å². The lowest BCUT2D eigenvalue weighted by Crippen LogP contribution is -2.26. The van der Waals surface area contributed by atoms with E-state index in [0.717, 1.165) is 30.4 Å². The Balaban J connectivity index is 1.90. The molecule has 0 fully saturated rings. The Morgan fingerprint density at radius 3 is 2.90 bits per heavy atom. The van der Waals surface area contributed by atoms with E-state index in [1.807, 2.05) is 28.9 Å². The van der Waals surface area contributed by atoms with E-state index in [9.17, 15) is 4.79 Å². The zero-order chi connectivity index (χ0) is 15.1. The highest BCUT2D eigenvalue weighted by atomic mass is 16.1. The third kappa shape index (κ3) is 4.39. The third-order valence-corrected chi connectivity index (χ3v) is 3.76. The van der Waals surface area contributed by atoms with E-state index in [-0.39, 0.29) is 5.43 Å². The number of para-hydroxylation sites is 1. The summed E-state index contributed by atoms with van der Waals surface area (Å²) in [5.41, 5.74) is 0.932. The number of fused-ring (bicyclic) bond motifs is 1. The molecule has 4 heteroatoms. The first-order valence-electron chi connectivity index (χ1n) is 7.90. The minimum Gasteiger partial charge on any atom is -0.314 e. The first-order chi connectivity index (χ1) is 10.2. The van der Waals surface area contributed by atoms with E-state index in [0.29, 0.717) is 6.04 Å². The Kier molecular flexibility index (Phi) is 5.93. The second-order valence-electron chi connectivity index (χ2n) is 5.60. The Labute approximate surface area is 126 Å². The number of nitrogens with one attached hydrogen (secondary N) is 1. The Bertz CT molecular complexity index is 621. The van der Waals surface area contributed by atoms with Gasteiger partial charge in [-0.15, -0.1) is 0 Å². The van der Waals surface area contributed by atoms with Crippen molar-refractivity contribution >= 4 is 10.9 Å². The average Bonchev–Trinajstić information content (AvgIpc) is 2.51. The van der Waals surface area contributed by atoms with Gasteiger partial charge in [-0.3, -0.25) is 9.48 Å². The maximum absolute atomic E-state index is 11.8. The lowest BCUT2D eigenvalue weighted by Gasteiger charge is -2.13. The monoisotopic (exact) mass is 287 g/mol. The summed E-state index contributed by atoms with van der Waals surface area (Å²) in [6.07, 6.45) is 6.03. The number of aryl methyl sites for hydroxylation is 1. The molecule has 0 amide bonds. The summed E-state index contributed by atoms with van der Waals surface area (Å²) >= 11 is 0. The molecule has 21 heavy (non-hydrogen) atoms. The smallest absolute Gasteiger partial charge is 0.207 e. The largest absolute Gasteiger partial charge is 0.314 e. The summed E-state index contributed by atoms with van der Waals surface area (Å²) in [7, 11) is 0. The second kappa shape index (κ2) is 7.93. The van der Waals surface area contributed by atoms with Crippen molar-refractivity contribution in [3.05, 3.63) is 40.7 Å². The minimum absolute atomic E-state index is 0.000706. The average molecular weight is 287 g/mol. The van der Waals surface area contributed by atoms with Gasteiger partial charge in [-0.2, -0.15) is 5.10 Å². The summed E-state index contributed by atoms with van der Waals surface area (Å²) < 4.78 is 1.95. The fraction of sp³-hybridized carbons (Fsp3) is 0.529. The molecule has 2 aromatic rings. The Morgan fingerprint density at radius 1 is 1.29 bits per heavy atom. The molecule has 0 spiro atoms. The number of benzene rings is 1. The standard InChI is InChI=1S/C17H25N3O/c1-3-11-18-14(2)8-6-7-12-20-16-10-5-4-9-15(16)17(21)13-19-20/h4-5,9-10,13-14,18H,3,6-8,11-12H2,1-2H3. The zero-order valence-corrected chi connectivity index (χ0v) is 13.0. The molecule has 0 radical (unpaired) electrons. The Hall–Kier alpha value is -1.68. The van der Waals surface area contributed by atoms with Crippen molar-refractivity contribution in [3.63, 3.8) is 0 Å². The van der Waals surface area contributed by atoms with Crippen molar-refractivity contribution in [2.75, 3.05) is 6.54 Å². The van der Waals surface area contributed by atoms with Crippen LogP contribution in [0.1, 0.15) is 39.5 Å². The molecule has 2 rings (SSSR count). The number of unbranched alkanes of at least 4 members (excludes halogenated alkanes) is 1. The molecule has 1 aromatic heterocycles. The predicted molar refractivity (Wildman–Crippen MR) is 87.6 cm³/mol. The minimum atomic E-state index is -0.000706. The lowest BCUT2D eigenvalue weighted by molar-refractivity contribution is 0.468. The van der Waals surface area contributed by atoms with Gasteiger partial charge in [0, 0.05) is 18.0 Å². The molecule has 4 nitrogen and oxygen atoms in total. The van der Waals surface area contributed by atoms with Crippen LogP contribution in [-0.2, 0) is 6.54 Å². The van der Waals surface area contributed by atoms with Crippen LogP contribution in [0.3, 0.4) is 0 Å². The van der Waals surface area contributed by atoms with Crippen molar-refractivity contribution in [2.24, 2.45) is 0 Å². The second-order valence-corrected chi connectivity index (χ2v) is 5.60. The summed E-state index contributed by atoms with van der Waals surface area (Å²) in [6, 6.07) is 8.26. The number of hydrogen-bond donors (Lipinski definition) is 1. The normalized spacial score (nSPS) is 12.7. The Morgan fingerprint density at radius 2 is 2.10 bits per heavy atom. The molecule has 0 aliphatic carbocycles. The van der Waals surface area contributed by atoms with Gasteiger partial charge in [0.25, 0.3) is 0 Å². The lowest BCUT2D eigenvalue weighted by atomic mass is 10.1. The van der Waals surface area contributed by atoms with Crippen LogP contribution in [-0.4, -0.2) is 22.4 Å². The molecule has 0 aliphatic heterocycles. The van der Waals surface area contributed by atoms with Crippen LogP contribution in [0.25, 0.3) is 10.9 Å². The van der Waals surface area contributed by atoms with E-state index in [1.165, 1.54) is 25.5 Å². The number of aromatic nitrogens is 2. The van der Waals surface area contributed by atoms with Crippen molar-refractivity contribution in [2.45, 2.75) is 52.1 Å². The van der Waals surface area contributed by atoms with Gasteiger partial charge in [-0.1, -0.05) is 25.5 Å². The van der Waals surface area contributed by atoms with Gasteiger partial charge in [0.15, 0.2) is 0 Å². The van der Waals surface area contributed by atoms with E-state index in [4.69, 9.17) is 0 Å². The molecule has 114 valence electrons. The van der Waals surface area contributed by atoms with Crippen molar-refractivity contribution < 1.29 is 0 Å². The van der Waals surface area contributed by atoms with Gasteiger partial charge in [0.2, 0.25) is 5.43 Å². The number of nitrogens with zero attached hydrogens (tertiary/aromatic N) is 2. The molecule has 0 aliphatic rings. The molecule has 1 aromatic carbocycles. The summed E-state index contributed by atoms with van der Waals surface area (Å²) in [5.74, 6) is 0. The highest BCUT2D eigenvalue weighted by molar-refractivity contribution is 5.77. The topological polar surface area (TPSA) is 46.9 Å². The van der Waals surface area contributed by atoms with E-state index in [1.54, 1.807) is 0 Å². The number of rotatable bonds is 8. The molecule has 0 bridgehead atoms. The van der Waals surface area contributed by atoms with E-state index in [2.05, 4.69) is 24.3 Å². The first-order valence-corrected chi connectivity index (χ1v) is 7.90. The van der Waals surface area contributed by atoms with Crippen LogP contribution in [0, 0.1) is 0 Å². The van der Waals surface area contributed by atoms with Crippen LogP contribution >= 0.6 is 0 Å². The van der Waals surface area contributed by atoms with Crippen LogP contribution < -0.4 is 10.7 Å². The van der Waals surface area contributed by atoms with Gasteiger partial charge in [0.05, 0.1) is 11.7 Å². The van der Waals surface area contributed by atoms with Gasteiger partial charge >= 0.3 is 0 Å². The molecule has 0 saturated carbocycles. The zero-order valence-electron chi connectivity index (χ0n) is 13.0. The highest BCUT2D eigenvalue weighted by Gasteiger charge is 2.04. The molecular weight excluding hydrogens is 262 g/mol.